The zero-order chi connectivity index (χ0) is 19.1. The van der Waals surface area contributed by atoms with Gasteiger partial charge in [0.2, 0.25) is 11.9 Å². The van der Waals surface area contributed by atoms with Gasteiger partial charge in [0.15, 0.2) is 0 Å². The van der Waals surface area contributed by atoms with E-state index in [1.165, 1.54) is 0 Å². The van der Waals surface area contributed by atoms with E-state index < -0.39 is 0 Å². The summed E-state index contributed by atoms with van der Waals surface area (Å²) in [6.45, 7) is 2.42. The van der Waals surface area contributed by atoms with Crippen LogP contribution >= 0.6 is 0 Å². The second-order valence-corrected chi connectivity index (χ2v) is 7.32. The Morgan fingerprint density at radius 2 is 1.89 bits per heavy atom. The van der Waals surface area contributed by atoms with Gasteiger partial charge >= 0.3 is 0 Å². The highest BCUT2D eigenvalue weighted by Crippen LogP contribution is 2.37. The molecule has 1 aliphatic carbocycles. The van der Waals surface area contributed by atoms with Crippen molar-refractivity contribution in [2.24, 2.45) is 0 Å². The van der Waals surface area contributed by atoms with Crippen molar-refractivity contribution in [3.63, 3.8) is 0 Å². The summed E-state index contributed by atoms with van der Waals surface area (Å²) in [6, 6.07) is 7.57. The van der Waals surface area contributed by atoms with Gasteiger partial charge in [0, 0.05) is 42.1 Å². The number of ether oxygens (including phenoxy) is 1. The summed E-state index contributed by atoms with van der Waals surface area (Å²) in [5, 5.41) is 3.17. The summed E-state index contributed by atoms with van der Waals surface area (Å²) in [4.78, 5) is 37.2. The van der Waals surface area contributed by atoms with Crippen LogP contribution in [0.2, 0.25) is 0 Å². The van der Waals surface area contributed by atoms with Gasteiger partial charge in [0.1, 0.15) is 5.82 Å². The molecule has 0 unspecified atom stereocenters. The lowest BCUT2D eigenvalue weighted by Crippen LogP contribution is -2.40. The molecule has 1 aromatic carbocycles. The molecular weight excluding hydrogens is 358 g/mol. The largest absolute Gasteiger partial charge is 0.378 e. The van der Waals surface area contributed by atoms with Crippen molar-refractivity contribution < 1.29 is 14.3 Å². The number of nitrogens with zero attached hydrogens (tertiary/aromatic N) is 4. The maximum Gasteiger partial charge on any atom is 0.254 e. The van der Waals surface area contributed by atoms with E-state index in [0.29, 0.717) is 50.3 Å². The molecule has 28 heavy (non-hydrogen) atoms. The maximum absolute atomic E-state index is 12.5. The number of hydrogen-bond donors (Lipinski definition) is 1. The van der Waals surface area contributed by atoms with Crippen molar-refractivity contribution >= 4 is 29.3 Å². The number of benzene rings is 1. The quantitative estimate of drug-likeness (QED) is 0.871. The van der Waals surface area contributed by atoms with Crippen LogP contribution in [0.25, 0.3) is 0 Å². The standard InChI is InChI=1S/C20H21N5O3/c26-17-11-14-12-21-20(23-18(14)25(17)16-5-6-16)22-15-3-1-13(2-4-15)19(27)24-7-9-28-10-8-24/h1-4,12,16H,5-11H2,(H,21,22,23). The monoisotopic (exact) mass is 379 g/mol. The van der Waals surface area contributed by atoms with Gasteiger partial charge in [-0.2, -0.15) is 4.98 Å². The van der Waals surface area contributed by atoms with Gasteiger partial charge < -0.3 is 15.0 Å². The molecule has 2 fully saturated rings. The summed E-state index contributed by atoms with van der Waals surface area (Å²) < 4.78 is 5.29. The number of amides is 2. The first-order valence-electron chi connectivity index (χ1n) is 9.61. The second kappa shape index (κ2) is 6.87. The first kappa shape index (κ1) is 17.1. The van der Waals surface area contributed by atoms with Gasteiger partial charge in [-0.3, -0.25) is 14.5 Å². The molecule has 2 amide bonds. The van der Waals surface area contributed by atoms with Crippen LogP contribution in [0.3, 0.4) is 0 Å². The van der Waals surface area contributed by atoms with Crippen molar-refractivity contribution in [3.8, 4) is 0 Å². The lowest BCUT2D eigenvalue weighted by Gasteiger charge is -2.26. The van der Waals surface area contributed by atoms with E-state index in [1.54, 1.807) is 23.2 Å². The Labute approximate surface area is 162 Å². The molecule has 8 heteroatoms. The average Bonchev–Trinajstić information content (AvgIpc) is 3.50. The first-order chi connectivity index (χ1) is 13.7. The molecule has 2 aromatic rings. The lowest BCUT2D eigenvalue weighted by molar-refractivity contribution is -0.117. The third kappa shape index (κ3) is 3.20. The minimum atomic E-state index is 0.0159. The van der Waals surface area contributed by atoms with E-state index in [0.717, 1.165) is 29.9 Å². The van der Waals surface area contributed by atoms with Gasteiger partial charge in [-0.05, 0) is 37.1 Å². The Hall–Kier alpha value is -3.00. The summed E-state index contributed by atoms with van der Waals surface area (Å²) >= 11 is 0. The summed E-state index contributed by atoms with van der Waals surface area (Å²) in [5.41, 5.74) is 2.32. The van der Waals surface area contributed by atoms with Crippen molar-refractivity contribution in [3.05, 3.63) is 41.6 Å². The van der Waals surface area contributed by atoms with Gasteiger partial charge in [-0.15, -0.1) is 0 Å². The molecule has 5 rings (SSSR count). The number of carbonyl (C=O) groups is 2. The fourth-order valence-electron chi connectivity index (χ4n) is 3.64. The smallest absolute Gasteiger partial charge is 0.254 e. The Morgan fingerprint density at radius 1 is 1.14 bits per heavy atom. The molecule has 1 N–H and O–H groups in total. The Kier molecular flexibility index (Phi) is 4.20. The molecule has 0 atom stereocenters. The predicted octanol–water partition coefficient (Wildman–Crippen LogP) is 1.74. The number of morpholine rings is 1. The summed E-state index contributed by atoms with van der Waals surface area (Å²) in [7, 11) is 0. The number of rotatable bonds is 4. The van der Waals surface area contributed by atoms with Crippen LogP contribution in [0.1, 0.15) is 28.8 Å². The molecule has 1 aromatic heterocycles. The molecule has 8 nitrogen and oxygen atoms in total. The van der Waals surface area contributed by atoms with Gasteiger partial charge in [0.05, 0.1) is 19.6 Å². The number of hydrogen-bond acceptors (Lipinski definition) is 6. The van der Waals surface area contributed by atoms with E-state index in [-0.39, 0.29) is 11.8 Å². The highest BCUT2D eigenvalue weighted by atomic mass is 16.5. The van der Waals surface area contributed by atoms with Crippen molar-refractivity contribution in [1.82, 2.24) is 14.9 Å². The second-order valence-electron chi connectivity index (χ2n) is 7.32. The normalized spacial score (nSPS) is 18.9. The molecule has 0 radical (unpaired) electrons. The Bertz CT molecular complexity index is 920. The topological polar surface area (TPSA) is 87.7 Å². The van der Waals surface area contributed by atoms with Crippen molar-refractivity contribution in [2.45, 2.75) is 25.3 Å². The molecule has 0 bridgehead atoms. The molecule has 1 saturated heterocycles. The van der Waals surface area contributed by atoms with Crippen molar-refractivity contribution in [1.29, 1.82) is 0 Å². The maximum atomic E-state index is 12.5. The first-order valence-corrected chi connectivity index (χ1v) is 9.61. The average molecular weight is 379 g/mol. The molecule has 1 saturated carbocycles. The van der Waals surface area contributed by atoms with Gasteiger partial charge in [-0.25, -0.2) is 4.98 Å². The lowest BCUT2D eigenvalue weighted by atomic mass is 10.1. The number of carbonyl (C=O) groups excluding carboxylic acids is 2. The van der Waals surface area contributed by atoms with E-state index in [1.807, 2.05) is 17.0 Å². The summed E-state index contributed by atoms with van der Waals surface area (Å²) in [6.07, 6.45) is 4.18. The minimum Gasteiger partial charge on any atom is -0.378 e. The fraction of sp³-hybridized carbons (Fsp3) is 0.400. The molecule has 3 heterocycles. The fourth-order valence-corrected chi connectivity index (χ4v) is 3.64. The third-order valence-electron chi connectivity index (χ3n) is 5.28. The number of nitrogens with one attached hydrogen (secondary N) is 1. The zero-order valence-corrected chi connectivity index (χ0v) is 15.4. The minimum absolute atomic E-state index is 0.0159. The molecular formula is C20H21N5O3. The van der Waals surface area contributed by atoms with Crippen LogP contribution < -0.4 is 10.2 Å². The molecule has 144 valence electrons. The van der Waals surface area contributed by atoms with E-state index in [2.05, 4.69) is 15.3 Å². The summed E-state index contributed by atoms with van der Waals surface area (Å²) in [5.74, 6) is 1.30. The highest BCUT2D eigenvalue weighted by molar-refractivity contribution is 6.01. The van der Waals surface area contributed by atoms with Crippen LogP contribution in [-0.4, -0.2) is 59.0 Å². The van der Waals surface area contributed by atoms with Gasteiger partial charge in [0.25, 0.3) is 5.91 Å². The van der Waals surface area contributed by atoms with Crippen molar-refractivity contribution in [2.75, 3.05) is 36.5 Å². The Morgan fingerprint density at radius 3 is 2.61 bits per heavy atom. The predicted molar refractivity (Wildman–Crippen MR) is 103 cm³/mol. The number of anilines is 3. The van der Waals surface area contributed by atoms with Crippen LogP contribution in [0.4, 0.5) is 17.5 Å². The molecule has 0 spiro atoms. The Balaban J connectivity index is 1.30. The molecule has 3 aliphatic rings. The number of aromatic nitrogens is 2. The van der Waals surface area contributed by atoms with Crippen LogP contribution in [0, 0.1) is 0 Å². The van der Waals surface area contributed by atoms with E-state index in [9.17, 15) is 9.59 Å². The van der Waals surface area contributed by atoms with Crippen LogP contribution in [-0.2, 0) is 16.0 Å². The van der Waals surface area contributed by atoms with Crippen LogP contribution in [0.15, 0.2) is 30.5 Å². The third-order valence-corrected chi connectivity index (χ3v) is 5.28. The zero-order valence-electron chi connectivity index (χ0n) is 15.4. The van der Waals surface area contributed by atoms with E-state index in [4.69, 9.17) is 4.74 Å². The van der Waals surface area contributed by atoms with E-state index >= 15 is 0 Å². The SMILES string of the molecule is O=C(c1ccc(Nc2ncc3c(n2)N(C2CC2)C(=O)C3)cc1)N1CCOCC1. The highest BCUT2D eigenvalue weighted by Gasteiger charge is 2.40. The number of fused-ring (bicyclic) bond motifs is 1. The van der Waals surface area contributed by atoms with Gasteiger partial charge in [-0.1, -0.05) is 0 Å². The molecule has 2 aliphatic heterocycles. The van der Waals surface area contributed by atoms with Crippen LogP contribution in [0.5, 0.6) is 0 Å².